The molecule has 0 saturated heterocycles. The maximum absolute atomic E-state index is 2.40. The number of rotatable bonds is 0. The molecule has 0 aromatic rings. The van der Waals surface area contributed by atoms with Crippen LogP contribution in [0.15, 0.2) is 11.6 Å². The zero-order valence-corrected chi connectivity index (χ0v) is 7.39. The first-order valence-electron chi connectivity index (χ1n) is 3.99. The van der Waals surface area contributed by atoms with Crippen molar-refractivity contribution in [1.29, 1.82) is 0 Å². The SMILES string of the molecule is CC1=C[C@H](C)[C@@H](C)N(C)C1. The Morgan fingerprint density at radius 1 is 1.50 bits per heavy atom. The quantitative estimate of drug-likeness (QED) is 0.463. The Morgan fingerprint density at radius 3 is 2.60 bits per heavy atom. The van der Waals surface area contributed by atoms with Crippen molar-refractivity contribution in [3.05, 3.63) is 11.6 Å². The molecule has 0 spiro atoms. The molecule has 0 amide bonds. The Kier molecular flexibility index (Phi) is 2.14. The zero-order chi connectivity index (χ0) is 7.72. The minimum atomic E-state index is 0.712. The van der Waals surface area contributed by atoms with E-state index in [9.17, 15) is 0 Å². The largest absolute Gasteiger partial charge is 0.299 e. The van der Waals surface area contributed by atoms with Crippen molar-refractivity contribution < 1.29 is 0 Å². The molecular formula is C9H17N. The Hall–Kier alpha value is -0.300. The molecule has 1 nitrogen and oxygen atoms in total. The number of nitrogens with zero attached hydrogens (tertiary/aromatic N) is 1. The lowest BCUT2D eigenvalue weighted by Crippen LogP contribution is -2.38. The highest BCUT2D eigenvalue weighted by Gasteiger charge is 2.19. The minimum absolute atomic E-state index is 0.712. The second kappa shape index (κ2) is 2.75. The van der Waals surface area contributed by atoms with Crippen LogP contribution in [-0.4, -0.2) is 24.5 Å². The van der Waals surface area contributed by atoms with Crippen LogP contribution in [0.25, 0.3) is 0 Å². The van der Waals surface area contributed by atoms with Crippen molar-refractivity contribution in [2.24, 2.45) is 5.92 Å². The Morgan fingerprint density at radius 2 is 2.10 bits per heavy atom. The van der Waals surface area contributed by atoms with Crippen molar-refractivity contribution in [3.8, 4) is 0 Å². The smallest absolute Gasteiger partial charge is 0.0190 e. The van der Waals surface area contributed by atoms with Gasteiger partial charge in [-0.3, -0.25) is 4.90 Å². The lowest BCUT2D eigenvalue weighted by Gasteiger charge is -2.33. The second-order valence-corrected chi connectivity index (χ2v) is 3.53. The summed E-state index contributed by atoms with van der Waals surface area (Å²) in [5.74, 6) is 0.721. The topological polar surface area (TPSA) is 3.24 Å². The highest BCUT2D eigenvalue weighted by Crippen LogP contribution is 2.18. The standard InChI is InChI=1S/C9H17N/c1-7-5-8(2)9(3)10(4)6-7/h5,8-9H,6H2,1-4H3/t8-,9+/m0/s1. The van der Waals surface area contributed by atoms with Crippen LogP contribution in [0.3, 0.4) is 0 Å². The molecule has 1 aliphatic heterocycles. The molecule has 0 bridgehead atoms. The van der Waals surface area contributed by atoms with Crippen LogP contribution in [0.4, 0.5) is 0 Å². The van der Waals surface area contributed by atoms with Gasteiger partial charge in [-0.2, -0.15) is 0 Å². The fraction of sp³-hybridized carbons (Fsp3) is 0.778. The Bertz CT molecular complexity index is 149. The number of hydrogen-bond acceptors (Lipinski definition) is 1. The summed E-state index contributed by atoms with van der Waals surface area (Å²) in [6.45, 7) is 7.92. The van der Waals surface area contributed by atoms with Crippen molar-refractivity contribution in [1.82, 2.24) is 4.90 Å². The van der Waals surface area contributed by atoms with E-state index in [0.717, 1.165) is 12.5 Å². The molecule has 10 heavy (non-hydrogen) atoms. The zero-order valence-electron chi connectivity index (χ0n) is 7.39. The van der Waals surface area contributed by atoms with Crippen LogP contribution in [0.1, 0.15) is 20.8 Å². The van der Waals surface area contributed by atoms with E-state index in [0.29, 0.717) is 6.04 Å². The predicted molar refractivity (Wildman–Crippen MR) is 45.0 cm³/mol. The van der Waals surface area contributed by atoms with Crippen LogP contribution in [0.2, 0.25) is 0 Å². The molecule has 0 fully saturated rings. The van der Waals surface area contributed by atoms with Gasteiger partial charge in [-0.15, -0.1) is 0 Å². The molecule has 1 rings (SSSR count). The van der Waals surface area contributed by atoms with Crippen LogP contribution in [0.5, 0.6) is 0 Å². The van der Waals surface area contributed by atoms with E-state index in [4.69, 9.17) is 0 Å². The van der Waals surface area contributed by atoms with Gasteiger partial charge in [0.05, 0.1) is 0 Å². The molecule has 0 aromatic carbocycles. The van der Waals surface area contributed by atoms with E-state index in [1.54, 1.807) is 0 Å². The van der Waals surface area contributed by atoms with Crippen LogP contribution in [0, 0.1) is 5.92 Å². The van der Waals surface area contributed by atoms with Crippen molar-refractivity contribution >= 4 is 0 Å². The summed E-state index contributed by atoms with van der Waals surface area (Å²) < 4.78 is 0. The molecule has 1 aliphatic rings. The molecule has 1 heterocycles. The van der Waals surface area contributed by atoms with Crippen molar-refractivity contribution in [3.63, 3.8) is 0 Å². The van der Waals surface area contributed by atoms with Gasteiger partial charge in [-0.25, -0.2) is 0 Å². The lowest BCUT2D eigenvalue weighted by molar-refractivity contribution is 0.222. The number of likely N-dealkylation sites (N-methyl/N-ethyl adjacent to an activating group) is 1. The van der Waals surface area contributed by atoms with Crippen LogP contribution < -0.4 is 0 Å². The molecule has 58 valence electrons. The summed E-state index contributed by atoms with van der Waals surface area (Å²) >= 11 is 0. The summed E-state index contributed by atoms with van der Waals surface area (Å²) in [5, 5.41) is 0. The molecule has 0 aromatic heterocycles. The van der Waals surface area contributed by atoms with E-state index in [2.05, 4.69) is 38.8 Å². The summed E-state index contributed by atoms with van der Waals surface area (Å²) in [6, 6.07) is 0.712. The lowest BCUT2D eigenvalue weighted by atomic mass is 9.95. The van der Waals surface area contributed by atoms with E-state index < -0.39 is 0 Å². The Balaban J connectivity index is 2.69. The van der Waals surface area contributed by atoms with Crippen molar-refractivity contribution in [2.75, 3.05) is 13.6 Å². The molecule has 1 heteroatoms. The first-order valence-corrected chi connectivity index (χ1v) is 3.99. The molecule has 0 radical (unpaired) electrons. The summed E-state index contributed by atoms with van der Waals surface area (Å²) in [7, 11) is 2.19. The third kappa shape index (κ3) is 1.40. The predicted octanol–water partition coefficient (Wildman–Crippen LogP) is 1.90. The van der Waals surface area contributed by atoms with Gasteiger partial charge in [0, 0.05) is 12.6 Å². The third-order valence-corrected chi connectivity index (χ3v) is 2.50. The third-order valence-electron chi connectivity index (χ3n) is 2.50. The average Bonchev–Trinajstić information content (AvgIpc) is 1.82. The van der Waals surface area contributed by atoms with Gasteiger partial charge in [0.15, 0.2) is 0 Å². The first-order chi connectivity index (χ1) is 4.61. The maximum atomic E-state index is 2.40. The molecule has 0 saturated carbocycles. The summed E-state index contributed by atoms with van der Waals surface area (Å²) in [4.78, 5) is 2.40. The van der Waals surface area contributed by atoms with Crippen LogP contribution >= 0.6 is 0 Å². The monoisotopic (exact) mass is 139 g/mol. The first kappa shape index (κ1) is 7.80. The summed E-state index contributed by atoms with van der Waals surface area (Å²) in [5.41, 5.74) is 1.51. The van der Waals surface area contributed by atoms with Gasteiger partial charge < -0.3 is 0 Å². The fourth-order valence-corrected chi connectivity index (χ4v) is 1.58. The average molecular weight is 139 g/mol. The van der Waals surface area contributed by atoms with E-state index >= 15 is 0 Å². The highest BCUT2D eigenvalue weighted by molar-refractivity contribution is 5.08. The van der Waals surface area contributed by atoms with E-state index in [1.165, 1.54) is 5.57 Å². The Labute approximate surface area is 63.7 Å². The molecule has 0 N–H and O–H groups in total. The second-order valence-electron chi connectivity index (χ2n) is 3.53. The minimum Gasteiger partial charge on any atom is -0.299 e. The number of hydrogen-bond donors (Lipinski definition) is 0. The normalized spacial score (nSPS) is 35.8. The van der Waals surface area contributed by atoms with E-state index in [-0.39, 0.29) is 0 Å². The fourth-order valence-electron chi connectivity index (χ4n) is 1.58. The van der Waals surface area contributed by atoms with Gasteiger partial charge >= 0.3 is 0 Å². The van der Waals surface area contributed by atoms with Gasteiger partial charge in [0.25, 0.3) is 0 Å². The van der Waals surface area contributed by atoms with E-state index in [1.807, 2.05) is 0 Å². The molecule has 2 atom stereocenters. The van der Waals surface area contributed by atoms with Crippen LogP contribution in [-0.2, 0) is 0 Å². The molecule has 0 aliphatic carbocycles. The summed E-state index contributed by atoms with van der Waals surface area (Å²) in [6.07, 6.45) is 2.38. The molecule has 0 unspecified atom stereocenters. The molecular weight excluding hydrogens is 122 g/mol. The maximum Gasteiger partial charge on any atom is 0.0190 e. The van der Waals surface area contributed by atoms with Gasteiger partial charge in [0.1, 0.15) is 0 Å². The van der Waals surface area contributed by atoms with Crippen molar-refractivity contribution in [2.45, 2.75) is 26.8 Å². The highest BCUT2D eigenvalue weighted by atomic mass is 15.1. The van der Waals surface area contributed by atoms with Gasteiger partial charge in [-0.1, -0.05) is 18.6 Å². The van der Waals surface area contributed by atoms with Gasteiger partial charge in [0.2, 0.25) is 0 Å². The van der Waals surface area contributed by atoms with Gasteiger partial charge in [-0.05, 0) is 26.8 Å².